The number of carbonyl (C=O) groups excluding carboxylic acids is 2. The molecule has 0 saturated carbocycles. The van der Waals surface area contributed by atoms with E-state index in [4.69, 9.17) is 4.74 Å². The monoisotopic (exact) mass is 381 g/mol. The van der Waals surface area contributed by atoms with E-state index < -0.39 is 0 Å². The van der Waals surface area contributed by atoms with E-state index in [-0.39, 0.29) is 18.2 Å². The van der Waals surface area contributed by atoms with Crippen LogP contribution in [0.5, 0.6) is 0 Å². The Hall–Kier alpha value is -2.86. The van der Waals surface area contributed by atoms with Crippen LogP contribution in [0.15, 0.2) is 54.6 Å². The second-order valence-electron chi connectivity index (χ2n) is 6.78. The molecule has 1 heterocycles. The number of rotatable bonds is 8. The lowest BCUT2D eigenvalue weighted by molar-refractivity contribution is -0.126. The van der Waals surface area contributed by atoms with Crippen molar-refractivity contribution in [2.45, 2.75) is 19.3 Å². The van der Waals surface area contributed by atoms with Gasteiger partial charge in [0.25, 0.3) is 0 Å². The minimum absolute atomic E-state index is 0.178. The molecule has 2 aromatic carbocycles. The molecule has 0 aromatic heterocycles. The van der Waals surface area contributed by atoms with Crippen LogP contribution in [0.25, 0.3) is 0 Å². The molecule has 1 fully saturated rings. The van der Waals surface area contributed by atoms with E-state index in [9.17, 15) is 9.59 Å². The molecule has 2 amide bonds. The molecular weight excluding hydrogens is 354 g/mol. The molecule has 2 aromatic rings. The third kappa shape index (κ3) is 6.09. The lowest BCUT2D eigenvalue weighted by atomic mass is 10.1. The van der Waals surface area contributed by atoms with Crippen LogP contribution in [0.2, 0.25) is 0 Å². The van der Waals surface area contributed by atoms with Crippen molar-refractivity contribution in [2.75, 3.05) is 43.1 Å². The second-order valence-corrected chi connectivity index (χ2v) is 6.78. The summed E-state index contributed by atoms with van der Waals surface area (Å²) in [5, 5.41) is 5.69. The topological polar surface area (TPSA) is 70.7 Å². The minimum Gasteiger partial charge on any atom is -0.378 e. The Morgan fingerprint density at radius 2 is 1.64 bits per heavy atom. The van der Waals surface area contributed by atoms with Crippen molar-refractivity contribution in [3.63, 3.8) is 0 Å². The summed E-state index contributed by atoms with van der Waals surface area (Å²) in [6.07, 6.45) is 1.57. The average molecular weight is 381 g/mol. The highest BCUT2D eigenvalue weighted by Gasteiger charge is 2.16. The van der Waals surface area contributed by atoms with Gasteiger partial charge in [-0.15, -0.1) is 0 Å². The van der Waals surface area contributed by atoms with E-state index in [0.29, 0.717) is 19.8 Å². The molecule has 0 radical (unpaired) electrons. The fourth-order valence-electron chi connectivity index (χ4n) is 3.23. The molecule has 2 N–H and O–H groups in total. The minimum atomic E-state index is -0.304. The molecule has 0 bridgehead atoms. The SMILES string of the molecule is O=C(CC(=O)Nc1ccccc1N1CCOCC1)NCCCc1ccccc1. The molecule has 3 rings (SSSR count). The van der Waals surface area contributed by atoms with Crippen LogP contribution in [-0.2, 0) is 20.7 Å². The molecule has 0 aliphatic carbocycles. The van der Waals surface area contributed by atoms with Gasteiger partial charge in [0.05, 0.1) is 24.6 Å². The molecule has 148 valence electrons. The highest BCUT2D eigenvalue weighted by atomic mass is 16.5. The quantitative estimate of drug-likeness (QED) is 0.545. The Kier molecular flexibility index (Phi) is 7.44. The normalized spacial score (nSPS) is 13.8. The first-order chi connectivity index (χ1) is 13.7. The zero-order chi connectivity index (χ0) is 19.6. The Morgan fingerprint density at radius 1 is 0.929 bits per heavy atom. The van der Waals surface area contributed by atoms with Gasteiger partial charge >= 0.3 is 0 Å². The lowest BCUT2D eigenvalue weighted by Gasteiger charge is -2.30. The van der Waals surface area contributed by atoms with Crippen LogP contribution in [0.3, 0.4) is 0 Å². The van der Waals surface area contributed by atoms with Crippen molar-refractivity contribution in [3.8, 4) is 0 Å². The van der Waals surface area contributed by atoms with Crippen molar-refractivity contribution in [1.82, 2.24) is 5.32 Å². The largest absolute Gasteiger partial charge is 0.378 e. The highest BCUT2D eigenvalue weighted by Crippen LogP contribution is 2.26. The number of carbonyl (C=O) groups is 2. The van der Waals surface area contributed by atoms with Crippen molar-refractivity contribution in [2.24, 2.45) is 0 Å². The third-order valence-corrected chi connectivity index (χ3v) is 4.66. The van der Waals surface area contributed by atoms with Crippen LogP contribution in [0.4, 0.5) is 11.4 Å². The van der Waals surface area contributed by atoms with E-state index in [0.717, 1.165) is 37.3 Å². The third-order valence-electron chi connectivity index (χ3n) is 4.66. The predicted octanol–water partition coefficient (Wildman–Crippen LogP) is 2.60. The van der Waals surface area contributed by atoms with E-state index in [1.807, 2.05) is 42.5 Å². The molecule has 0 unspecified atom stereocenters. The molecular formula is C22H27N3O3. The number of nitrogens with one attached hydrogen (secondary N) is 2. The van der Waals surface area contributed by atoms with E-state index >= 15 is 0 Å². The van der Waals surface area contributed by atoms with Gasteiger partial charge in [0.2, 0.25) is 11.8 Å². The molecule has 1 saturated heterocycles. The van der Waals surface area contributed by atoms with Gasteiger partial charge in [0.1, 0.15) is 6.42 Å². The van der Waals surface area contributed by atoms with E-state index in [1.165, 1.54) is 5.56 Å². The number of amides is 2. The van der Waals surface area contributed by atoms with Crippen LogP contribution in [0, 0.1) is 0 Å². The number of nitrogens with zero attached hydrogens (tertiary/aromatic N) is 1. The number of anilines is 2. The summed E-state index contributed by atoms with van der Waals surface area (Å²) in [5.74, 6) is -0.560. The number of hydrogen-bond donors (Lipinski definition) is 2. The first-order valence-corrected chi connectivity index (χ1v) is 9.74. The van der Waals surface area contributed by atoms with Gasteiger partial charge in [-0.05, 0) is 30.5 Å². The molecule has 0 spiro atoms. The van der Waals surface area contributed by atoms with Gasteiger partial charge in [-0.2, -0.15) is 0 Å². The number of hydrogen-bond acceptors (Lipinski definition) is 4. The molecule has 6 nitrogen and oxygen atoms in total. The molecule has 1 aliphatic heterocycles. The van der Waals surface area contributed by atoms with Crippen LogP contribution in [-0.4, -0.2) is 44.7 Å². The Labute approximate surface area is 165 Å². The summed E-state index contributed by atoms with van der Waals surface area (Å²) in [5.41, 5.74) is 2.93. The molecule has 28 heavy (non-hydrogen) atoms. The van der Waals surface area contributed by atoms with Crippen LogP contribution >= 0.6 is 0 Å². The Balaban J connectivity index is 1.43. The zero-order valence-electron chi connectivity index (χ0n) is 16.0. The summed E-state index contributed by atoms with van der Waals surface area (Å²) in [4.78, 5) is 26.5. The average Bonchev–Trinajstić information content (AvgIpc) is 2.73. The van der Waals surface area contributed by atoms with Crippen molar-refractivity contribution in [3.05, 3.63) is 60.2 Å². The van der Waals surface area contributed by atoms with E-state index in [2.05, 4.69) is 27.7 Å². The van der Waals surface area contributed by atoms with Gasteiger partial charge in [-0.1, -0.05) is 42.5 Å². The summed E-state index contributed by atoms with van der Waals surface area (Å²) in [7, 11) is 0. The number of para-hydroxylation sites is 2. The first kappa shape index (κ1) is 19.9. The fourth-order valence-corrected chi connectivity index (χ4v) is 3.23. The fraction of sp³-hybridized carbons (Fsp3) is 0.364. The highest BCUT2D eigenvalue weighted by molar-refractivity contribution is 6.04. The molecule has 0 atom stereocenters. The molecule has 6 heteroatoms. The maximum absolute atomic E-state index is 12.3. The Bertz CT molecular complexity index is 774. The summed E-state index contributed by atoms with van der Waals surface area (Å²) in [6, 6.07) is 17.8. The first-order valence-electron chi connectivity index (χ1n) is 9.74. The van der Waals surface area contributed by atoms with Gasteiger partial charge < -0.3 is 20.3 Å². The number of benzene rings is 2. The zero-order valence-corrected chi connectivity index (χ0v) is 16.0. The molecule has 1 aliphatic rings. The van der Waals surface area contributed by atoms with Gasteiger partial charge in [0, 0.05) is 19.6 Å². The second kappa shape index (κ2) is 10.5. The van der Waals surface area contributed by atoms with Gasteiger partial charge in [0.15, 0.2) is 0 Å². The predicted molar refractivity (Wildman–Crippen MR) is 110 cm³/mol. The summed E-state index contributed by atoms with van der Waals surface area (Å²) < 4.78 is 5.39. The van der Waals surface area contributed by atoms with Crippen LogP contribution < -0.4 is 15.5 Å². The van der Waals surface area contributed by atoms with Crippen molar-refractivity contribution in [1.29, 1.82) is 0 Å². The standard InChI is InChI=1S/C22H27N3O3/c26-21(23-12-6-9-18-7-2-1-3-8-18)17-22(27)24-19-10-4-5-11-20(19)25-13-15-28-16-14-25/h1-5,7-8,10-11H,6,9,12-17H2,(H,23,26)(H,24,27). The van der Waals surface area contributed by atoms with Crippen LogP contribution in [0.1, 0.15) is 18.4 Å². The Morgan fingerprint density at radius 3 is 2.43 bits per heavy atom. The van der Waals surface area contributed by atoms with Crippen molar-refractivity contribution < 1.29 is 14.3 Å². The maximum atomic E-state index is 12.3. The smallest absolute Gasteiger partial charge is 0.233 e. The maximum Gasteiger partial charge on any atom is 0.233 e. The summed E-state index contributed by atoms with van der Waals surface area (Å²) >= 11 is 0. The number of ether oxygens (including phenoxy) is 1. The summed E-state index contributed by atoms with van der Waals surface area (Å²) in [6.45, 7) is 3.48. The van der Waals surface area contributed by atoms with E-state index in [1.54, 1.807) is 0 Å². The van der Waals surface area contributed by atoms with Gasteiger partial charge in [-0.3, -0.25) is 9.59 Å². The lowest BCUT2D eigenvalue weighted by Crippen LogP contribution is -2.37. The number of aryl methyl sites for hydroxylation is 1. The number of morpholine rings is 1. The van der Waals surface area contributed by atoms with Crippen molar-refractivity contribution >= 4 is 23.2 Å². The van der Waals surface area contributed by atoms with Gasteiger partial charge in [-0.25, -0.2) is 0 Å².